The molecule has 0 bridgehead atoms. The molecule has 3 aromatic heterocycles. The number of ether oxygens (including phenoxy) is 1. The number of hydrogen-bond donors (Lipinski definition) is 3. The van der Waals surface area contributed by atoms with Gasteiger partial charge in [0.1, 0.15) is 5.69 Å². The van der Waals surface area contributed by atoms with E-state index in [0.29, 0.717) is 36.1 Å². The van der Waals surface area contributed by atoms with E-state index in [1.54, 1.807) is 19.4 Å². The number of aromatic nitrogens is 4. The third kappa shape index (κ3) is 5.59. The highest BCUT2D eigenvalue weighted by Gasteiger charge is 2.18. The van der Waals surface area contributed by atoms with Gasteiger partial charge in [-0.1, -0.05) is 6.92 Å². The molecule has 0 aromatic carbocycles. The largest absolute Gasteiger partial charge is 0.477 e. The van der Waals surface area contributed by atoms with Gasteiger partial charge in [-0.25, -0.2) is 15.0 Å². The topological polar surface area (TPSA) is 101 Å². The second-order valence-electron chi connectivity index (χ2n) is 7.79. The summed E-state index contributed by atoms with van der Waals surface area (Å²) in [7, 11) is 1.95. The minimum Gasteiger partial charge on any atom is -0.477 e. The molecule has 0 aliphatic heterocycles. The average Bonchev–Trinajstić information content (AvgIpc) is 3.16. The Morgan fingerprint density at radius 2 is 2.10 bits per heavy atom. The molecular weight excluding hydrogens is 390 g/mol. The van der Waals surface area contributed by atoms with Crippen molar-refractivity contribution in [2.45, 2.75) is 46.7 Å². The highest BCUT2D eigenvalue weighted by atomic mass is 16.5. The normalized spacial score (nSPS) is 10.9. The number of imidazole rings is 1. The summed E-state index contributed by atoms with van der Waals surface area (Å²) in [6, 6.07) is 5.98. The van der Waals surface area contributed by atoms with Gasteiger partial charge < -0.3 is 25.3 Å². The first-order chi connectivity index (χ1) is 14.9. The van der Waals surface area contributed by atoms with E-state index in [9.17, 15) is 0 Å². The van der Waals surface area contributed by atoms with Crippen molar-refractivity contribution in [1.29, 1.82) is 5.41 Å². The molecular formula is C23H31N7O. The Hall–Kier alpha value is -3.42. The van der Waals surface area contributed by atoms with Crippen LogP contribution in [0.3, 0.4) is 0 Å². The second kappa shape index (κ2) is 10.1. The molecule has 164 valence electrons. The number of pyridine rings is 2. The van der Waals surface area contributed by atoms with E-state index in [-0.39, 0.29) is 6.04 Å². The van der Waals surface area contributed by atoms with E-state index >= 15 is 0 Å². The molecule has 0 saturated carbocycles. The molecule has 0 unspecified atom stereocenters. The molecule has 8 heteroatoms. The van der Waals surface area contributed by atoms with Gasteiger partial charge in [0.15, 0.2) is 0 Å². The molecule has 0 saturated heterocycles. The first-order valence-electron chi connectivity index (χ1n) is 10.5. The lowest BCUT2D eigenvalue weighted by Gasteiger charge is -2.21. The molecule has 0 aliphatic carbocycles. The lowest BCUT2D eigenvalue weighted by Crippen LogP contribution is -2.17. The van der Waals surface area contributed by atoms with Gasteiger partial charge in [0.05, 0.1) is 53.5 Å². The van der Waals surface area contributed by atoms with Gasteiger partial charge in [0.25, 0.3) is 0 Å². The fraction of sp³-hybridized carbons (Fsp3) is 0.391. The number of anilines is 2. The molecule has 0 spiro atoms. The molecule has 0 radical (unpaired) electrons. The van der Waals surface area contributed by atoms with Crippen LogP contribution in [0.1, 0.15) is 45.5 Å². The first kappa shape index (κ1) is 22.3. The summed E-state index contributed by atoms with van der Waals surface area (Å²) in [4.78, 5) is 13.6. The van der Waals surface area contributed by atoms with Crippen molar-refractivity contribution in [3.05, 3.63) is 48.3 Å². The van der Waals surface area contributed by atoms with Crippen LogP contribution in [0.2, 0.25) is 0 Å². The van der Waals surface area contributed by atoms with Crippen LogP contribution in [0.4, 0.5) is 11.4 Å². The molecule has 0 fully saturated rings. The van der Waals surface area contributed by atoms with E-state index < -0.39 is 0 Å². The third-order valence-electron chi connectivity index (χ3n) is 4.52. The van der Waals surface area contributed by atoms with Crippen LogP contribution in [0.5, 0.6) is 5.88 Å². The minimum absolute atomic E-state index is 0.183. The Morgan fingerprint density at radius 3 is 2.74 bits per heavy atom. The van der Waals surface area contributed by atoms with Gasteiger partial charge in [-0.3, -0.25) is 0 Å². The Bertz CT molecular complexity index is 1040. The lowest BCUT2D eigenvalue weighted by molar-refractivity contribution is 0.306. The maximum absolute atomic E-state index is 8.35. The van der Waals surface area contributed by atoms with Gasteiger partial charge >= 0.3 is 0 Å². The number of hydrogen-bond acceptors (Lipinski definition) is 7. The monoisotopic (exact) mass is 421 g/mol. The van der Waals surface area contributed by atoms with Crippen molar-refractivity contribution in [3.8, 4) is 17.1 Å². The van der Waals surface area contributed by atoms with Gasteiger partial charge in [0, 0.05) is 25.5 Å². The Balaban J connectivity index is 2.08. The van der Waals surface area contributed by atoms with Gasteiger partial charge in [-0.05, 0) is 45.4 Å². The van der Waals surface area contributed by atoms with E-state index in [4.69, 9.17) is 15.1 Å². The zero-order chi connectivity index (χ0) is 22.4. The first-order valence-corrected chi connectivity index (χ1v) is 10.5. The molecule has 3 aromatic rings. The van der Waals surface area contributed by atoms with Crippen LogP contribution < -0.4 is 15.4 Å². The minimum atomic E-state index is 0.183. The van der Waals surface area contributed by atoms with Crippen LogP contribution in [0.15, 0.2) is 36.9 Å². The van der Waals surface area contributed by atoms with Gasteiger partial charge in [-0.15, -0.1) is 0 Å². The second-order valence-corrected chi connectivity index (χ2v) is 7.79. The van der Waals surface area contributed by atoms with Crippen LogP contribution in [-0.2, 0) is 13.6 Å². The molecule has 3 N–H and O–H groups in total. The van der Waals surface area contributed by atoms with Crippen molar-refractivity contribution in [1.82, 2.24) is 19.5 Å². The SMILES string of the molecule is CCCOc1ncccc1-c1cc(NCc2cn(C)cn2)c(NC(C)C)c(C(C)=N)n1. The van der Waals surface area contributed by atoms with Crippen LogP contribution in [0, 0.1) is 5.41 Å². The molecule has 0 amide bonds. The summed E-state index contributed by atoms with van der Waals surface area (Å²) in [6.07, 6.45) is 6.36. The summed E-state index contributed by atoms with van der Waals surface area (Å²) < 4.78 is 7.77. The zero-order valence-electron chi connectivity index (χ0n) is 18.9. The van der Waals surface area contributed by atoms with Crippen molar-refractivity contribution in [2.75, 3.05) is 17.2 Å². The quantitative estimate of drug-likeness (QED) is 0.417. The summed E-state index contributed by atoms with van der Waals surface area (Å²) in [5, 5.41) is 15.3. The van der Waals surface area contributed by atoms with E-state index in [1.807, 2.05) is 36.0 Å². The van der Waals surface area contributed by atoms with Crippen molar-refractivity contribution in [3.63, 3.8) is 0 Å². The van der Waals surface area contributed by atoms with Crippen LogP contribution >= 0.6 is 0 Å². The highest BCUT2D eigenvalue weighted by molar-refractivity contribution is 6.03. The molecule has 0 aliphatic rings. The van der Waals surface area contributed by atoms with E-state index in [0.717, 1.165) is 29.1 Å². The zero-order valence-corrected chi connectivity index (χ0v) is 18.9. The summed E-state index contributed by atoms with van der Waals surface area (Å²) in [6.45, 7) is 9.08. The molecule has 31 heavy (non-hydrogen) atoms. The Kier molecular flexibility index (Phi) is 7.23. The van der Waals surface area contributed by atoms with E-state index in [1.165, 1.54) is 0 Å². The van der Waals surface area contributed by atoms with Crippen molar-refractivity contribution >= 4 is 17.1 Å². The Labute approximate surface area is 183 Å². The predicted octanol–water partition coefficient (Wildman–Crippen LogP) is 4.49. The maximum Gasteiger partial charge on any atom is 0.222 e. The fourth-order valence-electron chi connectivity index (χ4n) is 3.17. The maximum atomic E-state index is 8.35. The third-order valence-corrected chi connectivity index (χ3v) is 4.52. The predicted molar refractivity (Wildman–Crippen MR) is 125 cm³/mol. The summed E-state index contributed by atoms with van der Waals surface area (Å²) in [5.74, 6) is 0.547. The number of nitrogens with one attached hydrogen (secondary N) is 3. The molecule has 8 nitrogen and oxygen atoms in total. The van der Waals surface area contributed by atoms with Crippen molar-refractivity contribution < 1.29 is 4.74 Å². The number of nitrogens with zero attached hydrogens (tertiary/aromatic N) is 4. The molecule has 3 rings (SSSR count). The number of rotatable bonds is 10. The number of aryl methyl sites for hydroxylation is 1. The van der Waals surface area contributed by atoms with Gasteiger partial charge in [0.2, 0.25) is 5.88 Å². The van der Waals surface area contributed by atoms with Crippen LogP contribution in [-0.4, -0.2) is 37.9 Å². The molecule has 0 atom stereocenters. The Morgan fingerprint density at radius 1 is 1.29 bits per heavy atom. The summed E-state index contributed by atoms with van der Waals surface area (Å²) in [5.41, 5.74) is 5.08. The van der Waals surface area contributed by atoms with E-state index in [2.05, 4.69) is 41.4 Å². The average molecular weight is 422 g/mol. The van der Waals surface area contributed by atoms with Gasteiger partial charge in [-0.2, -0.15) is 0 Å². The highest BCUT2D eigenvalue weighted by Crippen LogP contribution is 2.34. The van der Waals surface area contributed by atoms with Crippen molar-refractivity contribution in [2.24, 2.45) is 7.05 Å². The van der Waals surface area contributed by atoms with Crippen LogP contribution in [0.25, 0.3) is 11.3 Å². The standard InChI is InChI=1S/C23H31N7O/c1-6-10-31-23-18(8-7-9-25-23)19-11-20(26-12-17-13-30(5)14-27-17)22(28-15(2)3)21(29-19)16(4)24/h7-9,11,13-15,24,28H,6,10,12H2,1-5H3,(H,26,29). The molecule has 3 heterocycles. The summed E-state index contributed by atoms with van der Waals surface area (Å²) >= 11 is 0. The smallest absolute Gasteiger partial charge is 0.222 e. The lowest BCUT2D eigenvalue weighted by atomic mass is 10.1. The fourth-order valence-corrected chi connectivity index (χ4v) is 3.17.